The lowest BCUT2D eigenvalue weighted by atomic mass is 10.5. The van der Waals surface area contributed by atoms with Gasteiger partial charge < -0.3 is 4.90 Å². The van der Waals surface area contributed by atoms with Gasteiger partial charge >= 0.3 is 0 Å². The van der Waals surface area contributed by atoms with Crippen molar-refractivity contribution < 1.29 is 0 Å². The van der Waals surface area contributed by atoms with Crippen LogP contribution < -0.4 is 4.90 Å². The molecule has 0 spiro atoms. The second kappa shape index (κ2) is 5.48. The number of thioether (sulfide) groups is 1. The van der Waals surface area contributed by atoms with Crippen LogP contribution in [0, 0.1) is 0 Å². The summed E-state index contributed by atoms with van der Waals surface area (Å²) in [6, 6.07) is 2.14. The van der Waals surface area contributed by atoms with Crippen molar-refractivity contribution in [2.75, 3.05) is 19.0 Å². The number of hydrogen-bond acceptors (Lipinski definition) is 6. The van der Waals surface area contributed by atoms with Crippen molar-refractivity contribution in [3.05, 3.63) is 20.8 Å². The van der Waals surface area contributed by atoms with E-state index in [0.29, 0.717) is 0 Å². The lowest BCUT2D eigenvalue weighted by Gasteiger charge is -2.03. The summed E-state index contributed by atoms with van der Waals surface area (Å²) < 4.78 is 2.17. The minimum absolute atomic E-state index is 0.954. The molecule has 2 heterocycles. The fourth-order valence-electron chi connectivity index (χ4n) is 1.00. The maximum absolute atomic E-state index is 4.14. The van der Waals surface area contributed by atoms with Gasteiger partial charge in [-0.25, -0.2) is 0 Å². The van der Waals surface area contributed by atoms with E-state index in [-0.39, 0.29) is 0 Å². The smallest absolute Gasteiger partial charge is 0.208 e. The van der Waals surface area contributed by atoms with Crippen molar-refractivity contribution in [2.24, 2.45) is 0 Å². The van der Waals surface area contributed by atoms with Crippen LogP contribution in [0.4, 0.5) is 5.13 Å². The molecule has 2 aromatic rings. The van der Waals surface area contributed by atoms with Gasteiger partial charge in [-0.1, -0.05) is 23.1 Å². The minimum atomic E-state index is 0.954. The quantitative estimate of drug-likeness (QED) is 0.796. The normalized spacial score (nSPS) is 10.7. The average molecular weight is 336 g/mol. The fourth-order valence-corrected chi connectivity index (χ4v) is 4.27. The van der Waals surface area contributed by atoms with Crippen LogP contribution in [0.2, 0.25) is 0 Å². The Labute approximate surface area is 115 Å². The van der Waals surface area contributed by atoms with E-state index >= 15 is 0 Å². The molecule has 0 aromatic carbocycles. The average Bonchev–Trinajstić information content (AvgIpc) is 2.83. The summed E-state index contributed by atoms with van der Waals surface area (Å²) in [5, 5.41) is 11.3. The standard InChI is InChI=1S/C9H10BrN3S3/c1-13(2)8-11-12-9(16-8)15-5-7-3-6(10)4-14-7/h3-4H,5H2,1-2H3. The molecule has 0 N–H and O–H groups in total. The van der Waals surface area contributed by atoms with E-state index in [1.807, 2.05) is 19.0 Å². The third-order valence-corrected chi connectivity index (χ3v) is 5.89. The minimum Gasteiger partial charge on any atom is -0.353 e. The Hall–Kier alpha value is -0.110. The summed E-state index contributed by atoms with van der Waals surface area (Å²) in [5.41, 5.74) is 0. The molecule has 0 radical (unpaired) electrons. The number of thiophene rings is 1. The Bertz CT molecular complexity index is 466. The molecule has 0 saturated heterocycles. The monoisotopic (exact) mass is 335 g/mol. The second-order valence-corrected chi connectivity index (χ2v) is 7.35. The SMILES string of the molecule is CN(C)c1nnc(SCc2cc(Br)cs2)s1. The van der Waals surface area contributed by atoms with Crippen molar-refractivity contribution in [1.82, 2.24) is 10.2 Å². The van der Waals surface area contributed by atoms with Gasteiger partial charge in [-0.2, -0.15) is 0 Å². The topological polar surface area (TPSA) is 29.0 Å². The first-order chi connectivity index (χ1) is 7.65. The summed E-state index contributed by atoms with van der Waals surface area (Å²) in [6.07, 6.45) is 0. The van der Waals surface area contributed by atoms with E-state index in [9.17, 15) is 0 Å². The summed E-state index contributed by atoms with van der Waals surface area (Å²) >= 11 is 8.57. The first-order valence-corrected chi connectivity index (χ1v) is 7.99. The third kappa shape index (κ3) is 3.19. The molecular formula is C9H10BrN3S3. The van der Waals surface area contributed by atoms with Gasteiger partial charge in [0, 0.05) is 34.6 Å². The number of anilines is 1. The number of rotatable bonds is 4. The molecule has 0 fully saturated rings. The highest BCUT2D eigenvalue weighted by Gasteiger charge is 2.07. The summed E-state index contributed by atoms with van der Waals surface area (Å²) in [7, 11) is 3.96. The Balaban J connectivity index is 1.94. The lowest BCUT2D eigenvalue weighted by Crippen LogP contribution is -2.07. The highest BCUT2D eigenvalue weighted by atomic mass is 79.9. The molecule has 16 heavy (non-hydrogen) atoms. The van der Waals surface area contributed by atoms with Crippen LogP contribution in [-0.2, 0) is 5.75 Å². The van der Waals surface area contributed by atoms with Gasteiger partial charge in [0.05, 0.1) is 0 Å². The molecule has 2 rings (SSSR count). The molecule has 0 aliphatic heterocycles. The van der Waals surface area contributed by atoms with Crippen molar-refractivity contribution in [2.45, 2.75) is 10.1 Å². The highest BCUT2D eigenvalue weighted by molar-refractivity contribution is 9.10. The lowest BCUT2D eigenvalue weighted by molar-refractivity contribution is 0.973. The van der Waals surface area contributed by atoms with Gasteiger partial charge in [-0.15, -0.1) is 21.5 Å². The predicted octanol–water partition coefficient (Wildman–Crippen LogP) is 3.72. The summed E-state index contributed by atoms with van der Waals surface area (Å²) in [4.78, 5) is 3.32. The van der Waals surface area contributed by atoms with Crippen molar-refractivity contribution in [1.29, 1.82) is 0 Å². The van der Waals surface area contributed by atoms with E-state index in [1.165, 1.54) is 4.88 Å². The first kappa shape index (κ1) is 12.3. The molecule has 0 unspecified atom stereocenters. The maximum Gasteiger partial charge on any atom is 0.208 e. The van der Waals surface area contributed by atoms with Gasteiger partial charge in [0.1, 0.15) is 0 Å². The summed E-state index contributed by atoms with van der Waals surface area (Å²) in [5.74, 6) is 0.957. The van der Waals surface area contributed by atoms with Crippen LogP contribution in [-0.4, -0.2) is 24.3 Å². The van der Waals surface area contributed by atoms with Gasteiger partial charge in [0.25, 0.3) is 0 Å². The van der Waals surface area contributed by atoms with Crippen LogP contribution in [0.5, 0.6) is 0 Å². The van der Waals surface area contributed by atoms with E-state index in [2.05, 4.69) is 37.6 Å². The highest BCUT2D eigenvalue weighted by Crippen LogP contribution is 2.31. The van der Waals surface area contributed by atoms with Crippen LogP contribution in [0.3, 0.4) is 0 Å². The number of halogens is 1. The Morgan fingerprint density at radius 2 is 2.25 bits per heavy atom. The van der Waals surface area contributed by atoms with E-state index in [1.54, 1.807) is 34.4 Å². The molecule has 0 amide bonds. The number of hydrogen-bond donors (Lipinski definition) is 0. The second-order valence-electron chi connectivity index (χ2n) is 3.26. The third-order valence-electron chi connectivity index (χ3n) is 1.74. The Morgan fingerprint density at radius 1 is 1.44 bits per heavy atom. The predicted molar refractivity (Wildman–Crippen MR) is 75.8 cm³/mol. The molecule has 7 heteroatoms. The Morgan fingerprint density at radius 3 is 2.81 bits per heavy atom. The number of aromatic nitrogens is 2. The molecular weight excluding hydrogens is 326 g/mol. The molecule has 3 nitrogen and oxygen atoms in total. The van der Waals surface area contributed by atoms with Gasteiger partial charge in [-0.3, -0.25) is 0 Å². The molecule has 86 valence electrons. The zero-order chi connectivity index (χ0) is 11.5. The Kier molecular flexibility index (Phi) is 4.23. The summed E-state index contributed by atoms with van der Waals surface area (Å²) in [6.45, 7) is 0. The molecule has 0 saturated carbocycles. The van der Waals surface area contributed by atoms with E-state index < -0.39 is 0 Å². The zero-order valence-electron chi connectivity index (χ0n) is 8.81. The van der Waals surface area contributed by atoms with E-state index in [4.69, 9.17) is 0 Å². The van der Waals surface area contributed by atoms with Crippen LogP contribution in [0.1, 0.15) is 4.88 Å². The van der Waals surface area contributed by atoms with Crippen molar-refractivity contribution in [3.8, 4) is 0 Å². The molecule has 2 aromatic heterocycles. The van der Waals surface area contributed by atoms with Crippen molar-refractivity contribution in [3.63, 3.8) is 0 Å². The van der Waals surface area contributed by atoms with Crippen molar-refractivity contribution >= 4 is 55.5 Å². The van der Waals surface area contributed by atoms with Crippen LogP contribution in [0.15, 0.2) is 20.3 Å². The largest absolute Gasteiger partial charge is 0.353 e. The van der Waals surface area contributed by atoms with Gasteiger partial charge in [0.2, 0.25) is 5.13 Å². The van der Waals surface area contributed by atoms with Crippen LogP contribution in [0.25, 0.3) is 0 Å². The molecule has 0 atom stereocenters. The van der Waals surface area contributed by atoms with Gasteiger partial charge in [0.15, 0.2) is 4.34 Å². The molecule has 0 aliphatic carbocycles. The number of nitrogens with zero attached hydrogens (tertiary/aromatic N) is 3. The molecule has 0 aliphatic rings. The van der Waals surface area contributed by atoms with Crippen LogP contribution >= 0.6 is 50.4 Å². The van der Waals surface area contributed by atoms with Gasteiger partial charge in [-0.05, 0) is 22.0 Å². The first-order valence-electron chi connectivity index (χ1n) is 4.51. The molecule has 0 bridgehead atoms. The fraction of sp³-hybridized carbons (Fsp3) is 0.333. The maximum atomic E-state index is 4.14. The zero-order valence-corrected chi connectivity index (χ0v) is 12.8. The van der Waals surface area contributed by atoms with E-state index in [0.717, 1.165) is 19.7 Å².